The summed E-state index contributed by atoms with van der Waals surface area (Å²) >= 11 is 3.17. The number of carbonyl (C=O) groups is 1. The van der Waals surface area contributed by atoms with E-state index < -0.39 is 5.82 Å². The van der Waals surface area contributed by atoms with E-state index in [0.29, 0.717) is 10.9 Å². The summed E-state index contributed by atoms with van der Waals surface area (Å²) in [4.78, 5) is 11.7. The number of Topliss-reactive ketones (excluding diaryl/α,β-unsaturated/α-hetero) is 1. The van der Waals surface area contributed by atoms with Crippen molar-refractivity contribution >= 4 is 21.7 Å². The molecule has 0 aliphatic carbocycles. The summed E-state index contributed by atoms with van der Waals surface area (Å²) in [7, 11) is 0. The fourth-order valence-electron chi connectivity index (χ4n) is 1.56. The van der Waals surface area contributed by atoms with Crippen LogP contribution in [0.2, 0.25) is 0 Å². The van der Waals surface area contributed by atoms with Crippen molar-refractivity contribution in [2.45, 2.75) is 39.0 Å². The zero-order valence-electron chi connectivity index (χ0n) is 9.43. The first-order valence-corrected chi connectivity index (χ1v) is 6.42. The van der Waals surface area contributed by atoms with Gasteiger partial charge in [-0.05, 0) is 24.6 Å². The zero-order valence-corrected chi connectivity index (χ0v) is 11.0. The minimum Gasteiger partial charge on any atom is -0.294 e. The molecule has 0 aliphatic rings. The van der Waals surface area contributed by atoms with Gasteiger partial charge in [0.25, 0.3) is 0 Å². The van der Waals surface area contributed by atoms with Crippen LogP contribution in [-0.4, -0.2) is 5.78 Å². The quantitative estimate of drug-likeness (QED) is 0.545. The number of hydrogen-bond acceptors (Lipinski definition) is 1. The molecule has 0 aromatic heterocycles. The molecule has 0 saturated carbocycles. The first kappa shape index (κ1) is 13.4. The molecule has 1 aromatic carbocycles. The molecule has 0 spiro atoms. The molecule has 0 fully saturated rings. The minimum atomic E-state index is -0.435. The molecule has 0 heterocycles. The third-order valence-corrected chi connectivity index (χ3v) is 2.98. The van der Waals surface area contributed by atoms with Gasteiger partial charge in [0.1, 0.15) is 5.82 Å². The molecule has 0 atom stereocenters. The maximum atomic E-state index is 13.4. The van der Waals surface area contributed by atoms with Gasteiger partial charge in [-0.1, -0.05) is 42.1 Å². The summed E-state index contributed by atoms with van der Waals surface area (Å²) in [5, 5.41) is 0. The Morgan fingerprint density at radius 2 is 2.06 bits per heavy atom. The van der Waals surface area contributed by atoms with Crippen LogP contribution in [0.25, 0.3) is 0 Å². The molecule has 0 aliphatic heterocycles. The van der Waals surface area contributed by atoms with Gasteiger partial charge in [-0.3, -0.25) is 4.79 Å². The molecule has 0 saturated heterocycles. The van der Waals surface area contributed by atoms with Gasteiger partial charge in [-0.25, -0.2) is 4.39 Å². The molecule has 0 unspecified atom stereocenters. The molecule has 0 N–H and O–H groups in total. The largest absolute Gasteiger partial charge is 0.294 e. The Kier molecular flexibility index (Phi) is 5.67. The molecule has 3 heteroatoms. The first-order valence-electron chi connectivity index (χ1n) is 5.63. The lowest BCUT2D eigenvalue weighted by atomic mass is 10.0. The van der Waals surface area contributed by atoms with Crippen LogP contribution in [0, 0.1) is 5.82 Å². The van der Waals surface area contributed by atoms with Crippen molar-refractivity contribution in [2.24, 2.45) is 0 Å². The highest BCUT2D eigenvalue weighted by molar-refractivity contribution is 9.10. The summed E-state index contributed by atoms with van der Waals surface area (Å²) in [6.45, 7) is 2.12. The van der Waals surface area contributed by atoms with Gasteiger partial charge >= 0.3 is 0 Å². The van der Waals surface area contributed by atoms with Gasteiger partial charge < -0.3 is 0 Å². The fourth-order valence-corrected chi connectivity index (χ4v) is 1.90. The number of ketones is 1. The first-order chi connectivity index (χ1) is 7.65. The van der Waals surface area contributed by atoms with Crippen LogP contribution in [-0.2, 0) is 0 Å². The van der Waals surface area contributed by atoms with Gasteiger partial charge in [0.2, 0.25) is 0 Å². The van der Waals surface area contributed by atoms with Crippen molar-refractivity contribution in [2.75, 3.05) is 0 Å². The van der Waals surface area contributed by atoms with Gasteiger partial charge in [0.05, 0.1) is 5.56 Å². The lowest BCUT2D eigenvalue weighted by Gasteiger charge is -2.03. The maximum absolute atomic E-state index is 13.4. The van der Waals surface area contributed by atoms with E-state index in [2.05, 4.69) is 22.9 Å². The second-order valence-corrected chi connectivity index (χ2v) is 4.77. The molecule has 0 bridgehead atoms. The van der Waals surface area contributed by atoms with Crippen LogP contribution in [0.3, 0.4) is 0 Å². The highest BCUT2D eigenvalue weighted by Gasteiger charge is 2.11. The highest BCUT2D eigenvalue weighted by atomic mass is 79.9. The van der Waals surface area contributed by atoms with Crippen LogP contribution >= 0.6 is 15.9 Å². The summed E-state index contributed by atoms with van der Waals surface area (Å²) in [6.07, 6.45) is 4.61. The summed E-state index contributed by atoms with van der Waals surface area (Å²) in [6, 6.07) is 4.57. The van der Waals surface area contributed by atoms with E-state index in [9.17, 15) is 9.18 Å². The van der Waals surface area contributed by atoms with Gasteiger partial charge in [-0.15, -0.1) is 0 Å². The average molecular weight is 287 g/mol. The molecule has 88 valence electrons. The third kappa shape index (κ3) is 4.05. The molecule has 0 amide bonds. The standard InChI is InChI=1S/C13H16BrFO/c1-2-3-4-5-6-13(16)11-8-7-10(14)9-12(11)15/h7-9H,2-6H2,1H3. The third-order valence-electron chi connectivity index (χ3n) is 2.49. The molecular weight excluding hydrogens is 271 g/mol. The summed E-state index contributed by atoms with van der Waals surface area (Å²) < 4.78 is 14.1. The topological polar surface area (TPSA) is 17.1 Å². The molecule has 1 aromatic rings. The predicted molar refractivity (Wildman–Crippen MR) is 67.2 cm³/mol. The van der Waals surface area contributed by atoms with Crippen molar-refractivity contribution in [1.29, 1.82) is 0 Å². The number of halogens is 2. The normalized spacial score (nSPS) is 10.4. The fraction of sp³-hybridized carbons (Fsp3) is 0.462. The molecule has 16 heavy (non-hydrogen) atoms. The van der Waals surface area contributed by atoms with E-state index in [1.165, 1.54) is 6.07 Å². The molecular formula is C13H16BrFO. The summed E-state index contributed by atoms with van der Waals surface area (Å²) in [5.74, 6) is -0.532. The van der Waals surface area contributed by atoms with Gasteiger partial charge in [0, 0.05) is 10.9 Å². The van der Waals surface area contributed by atoms with Crippen LogP contribution in [0.4, 0.5) is 4.39 Å². The number of benzene rings is 1. The molecule has 0 radical (unpaired) electrons. The molecule has 1 nitrogen and oxygen atoms in total. The molecule has 1 rings (SSSR count). The lowest BCUT2D eigenvalue weighted by molar-refractivity contribution is 0.0975. The number of unbranched alkanes of at least 4 members (excludes halogenated alkanes) is 3. The second kappa shape index (κ2) is 6.79. The van der Waals surface area contributed by atoms with E-state index in [1.54, 1.807) is 12.1 Å². The van der Waals surface area contributed by atoms with Crippen molar-refractivity contribution in [3.8, 4) is 0 Å². The van der Waals surface area contributed by atoms with Crippen LogP contribution in [0.1, 0.15) is 49.4 Å². The Balaban J connectivity index is 2.53. The van der Waals surface area contributed by atoms with E-state index in [0.717, 1.165) is 25.7 Å². The Hall–Kier alpha value is -0.700. The maximum Gasteiger partial charge on any atom is 0.165 e. The van der Waals surface area contributed by atoms with Gasteiger partial charge in [-0.2, -0.15) is 0 Å². The smallest absolute Gasteiger partial charge is 0.165 e. The predicted octanol–water partition coefficient (Wildman–Crippen LogP) is 4.74. The van der Waals surface area contributed by atoms with E-state index in [1.807, 2.05) is 0 Å². The minimum absolute atomic E-state index is 0.0962. The van der Waals surface area contributed by atoms with Gasteiger partial charge in [0.15, 0.2) is 5.78 Å². The van der Waals surface area contributed by atoms with E-state index in [-0.39, 0.29) is 11.3 Å². The average Bonchev–Trinajstić information content (AvgIpc) is 2.24. The van der Waals surface area contributed by atoms with Crippen LogP contribution in [0.15, 0.2) is 22.7 Å². The lowest BCUT2D eigenvalue weighted by Crippen LogP contribution is -2.02. The Bertz CT molecular complexity index is 363. The number of hydrogen-bond donors (Lipinski definition) is 0. The van der Waals surface area contributed by atoms with Crippen molar-refractivity contribution < 1.29 is 9.18 Å². The van der Waals surface area contributed by atoms with Crippen LogP contribution < -0.4 is 0 Å². The SMILES string of the molecule is CCCCCCC(=O)c1ccc(Br)cc1F. The van der Waals surface area contributed by atoms with Crippen molar-refractivity contribution in [3.05, 3.63) is 34.1 Å². The monoisotopic (exact) mass is 286 g/mol. The highest BCUT2D eigenvalue weighted by Crippen LogP contribution is 2.17. The Morgan fingerprint density at radius 3 is 2.69 bits per heavy atom. The Morgan fingerprint density at radius 1 is 1.31 bits per heavy atom. The van der Waals surface area contributed by atoms with Crippen molar-refractivity contribution in [1.82, 2.24) is 0 Å². The second-order valence-electron chi connectivity index (χ2n) is 3.86. The van der Waals surface area contributed by atoms with E-state index >= 15 is 0 Å². The van der Waals surface area contributed by atoms with Crippen LogP contribution in [0.5, 0.6) is 0 Å². The number of rotatable bonds is 6. The zero-order chi connectivity index (χ0) is 12.0. The summed E-state index contributed by atoms with van der Waals surface area (Å²) in [5.41, 5.74) is 0.208. The van der Waals surface area contributed by atoms with Crippen molar-refractivity contribution in [3.63, 3.8) is 0 Å². The Labute approximate surface area is 104 Å². The number of carbonyl (C=O) groups excluding carboxylic acids is 1. The van der Waals surface area contributed by atoms with E-state index in [4.69, 9.17) is 0 Å².